The molecule has 0 saturated carbocycles. The first-order valence-corrected chi connectivity index (χ1v) is 7.64. The summed E-state index contributed by atoms with van der Waals surface area (Å²) in [5, 5.41) is 9.58. The van der Waals surface area contributed by atoms with Crippen molar-refractivity contribution in [2.24, 2.45) is 5.73 Å². The van der Waals surface area contributed by atoms with E-state index in [4.69, 9.17) is 5.73 Å². The maximum absolute atomic E-state index is 11.4. The number of primary amides is 1. The van der Waals surface area contributed by atoms with Gasteiger partial charge in [0.25, 0.3) is 0 Å². The van der Waals surface area contributed by atoms with Gasteiger partial charge < -0.3 is 11.1 Å². The molecular formula is C15H15N5OS. The zero-order valence-electron chi connectivity index (χ0n) is 12.0. The minimum Gasteiger partial charge on any atom is -0.378 e. The highest BCUT2D eigenvalue weighted by molar-refractivity contribution is 7.07. The zero-order valence-corrected chi connectivity index (χ0v) is 12.8. The van der Waals surface area contributed by atoms with Crippen LogP contribution >= 0.6 is 11.3 Å². The van der Waals surface area contributed by atoms with Crippen molar-refractivity contribution in [2.75, 3.05) is 5.32 Å². The summed E-state index contributed by atoms with van der Waals surface area (Å²) in [5.41, 5.74) is 11.2. The number of aromatic nitrogens is 3. The van der Waals surface area contributed by atoms with Crippen LogP contribution in [0.1, 0.15) is 21.6 Å². The van der Waals surface area contributed by atoms with E-state index >= 15 is 0 Å². The van der Waals surface area contributed by atoms with E-state index < -0.39 is 5.91 Å². The van der Waals surface area contributed by atoms with Crippen molar-refractivity contribution in [3.63, 3.8) is 0 Å². The summed E-state index contributed by atoms with van der Waals surface area (Å²) in [4.78, 5) is 15.6. The largest absolute Gasteiger partial charge is 0.378 e. The first-order valence-electron chi connectivity index (χ1n) is 6.70. The van der Waals surface area contributed by atoms with E-state index in [1.807, 2.05) is 24.6 Å². The average Bonchev–Trinajstić information content (AvgIpc) is 3.16. The Morgan fingerprint density at radius 3 is 2.95 bits per heavy atom. The lowest BCUT2D eigenvalue weighted by atomic mass is 10.1. The molecule has 22 heavy (non-hydrogen) atoms. The SMILES string of the molecule is Cc1cnn(-c2ccc(C(N)=O)cc2NCc2cscn2)c1. The molecule has 0 unspecified atom stereocenters. The lowest BCUT2D eigenvalue weighted by molar-refractivity contribution is 0.100. The van der Waals surface area contributed by atoms with Crippen molar-refractivity contribution in [3.8, 4) is 5.69 Å². The summed E-state index contributed by atoms with van der Waals surface area (Å²) in [6.07, 6.45) is 3.71. The Morgan fingerprint density at radius 1 is 1.45 bits per heavy atom. The minimum absolute atomic E-state index is 0.452. The van der Waals surface area contributed by atoms with Crippen LogP contribution < -0.4 is 11.1 Å². The fourth-order valence-electron chi connectivity index (χ4n) is 2.09. The van der Waals surface area contributed by atoms with Gasteiger partial charge in [-0.2, -0.15) is 5.10 Å². The topological polar surface area (TPSA) is 85.8 Å². The van der Waals surface area contributed by atoms with Crippen LogP contribution in [-0.4, -0.2) is 20.7 Å². The summed E-state index contributed by atoms with van der Waals surface area (Å²) in [6.45, 7) is 2.54. The molecular weight excluding hydrogens is 298 g/mol. The molecule has 2 heterocycles. The first kappa shape index (κ1) is 14.3. The molecule has 6 nitrogen and oxygen atoms in total. The molecule has 0 aliphatic heterocycles. The summed E-state index contributed by atoms with van der Waals surface area (Å²) in [6, 6.07) is 5.26. The fraction of sp³-hybridized carbons (Fsp3) is 0.133. The third-order valence-corrected chi connectivity index (χ3v) is 3.82. The van der Waals surface area contributed by atoms with E-state index in [0.29, 0.717) is 12.1 Å². The molecule has 0 bridgehead atoms. The van der Waals surface area contributed by atoms with Gasteiger partial charge >= 0.3 is 0 Å². The molecule has 7 heteroatoms. The van der Waals surface area contributed by atoms with Gasteiger partial charge in [-0.15, -0.1) is 11.3 Å². The molecule has 112 valence electrons. The van der Waals surface area contributed by atoms with Crippen molar-refractivity contribution < 1.29 is 4.79 Å². The summed E-state index contributed by atoms with van der Waals surface area (Å²) >= 11 is 1.54. The standard InChI is InChI=1S/C15H15N5OS/c1-10-5-19-20(7-10)14-3-2-11(15(16)21)4-13(14)17-6-12-8-22-9-18-12/h2-5,7-9,17H,6H2,1H3,(H2,16,21). The van der Waals surface area contributed by atoms with E-state index in [1.54, 1.807) is 39.9 Å². The summed E-state index contributed by atoms with van der Waals surface area (Å²) in [7, 11) is 0. The van der Waals surface area contributed by atoms with Gasteiger partial charge in [0, 0.05) is 17.1 Å². The van der Waals surface area contributed by atoms with Crippen LogP contribution in [0.4, 0.5) is 5.69 Å². The molecule has 2 aromatic heterocycles. The Kier molecular flexibility index (Phi) is 3.88. The number of carbonyl (C=O) groups is 1. The molecule has 1 amide bonds. The van der Waals surface area contributed by atoms with Gasteiger partial charge in [0.05, 0.1) is 35.3 Å². The van der Waals surface area contributed by atoms with Gasteiger partial charge in [0.1, 0.15) is 0 Å². The molecule has 3 aromatic rings. The number of aryl methyl sites for hydroxylation is 1. The van der Waals surface area contributed by atoms with Gasteiger partial charge in [0.15, 0.2) is 0 Å². The highest BCUT2D eigenvalue weighted by atomic mass is 32.1. The normalized spacial score (nSPS) is 10.6. The van der Waals surface area contributed by atoms with Crippen LogP contribution in [0.25, 0.3) is 5.69 Å². The number of rotatable bonds is 5. The summed E-state index contributed by atoms with van der Waals surface area (Å²) < 4.78 is 1.77. The van der Waals surface area contributed by atoms with Crippen LogP contribution in [0.2, 0.25) is 0 Å². The smallest absolute Gasteiger partial charge is 0.248 e. The molecule has 0 fully saturated rings. The van der Waals surface area contributed by atoms with Crippen molar-refractivity contribution in [1.82, 2.24) is 14.8 Å². The minimum atomic E-state index is -0.458. The lowest BCUT2D eigenvalue weighted by Crippen LogP contribution is -2.13. The molecule has 0 aliphatic rings. The second-order valence-corrected chi connectivity index (χ2v) is 5.61. The predicted octanol–water partition coefficient (Wildman–Crippen LogP) is 2.35. The molecule has 1 aromatic carbocycles. The Bertz CT molecular complexity index is 794. The third kappa shape index (κ3) is 2.99. The number of hydrogen-bond acceptors (Lipinski definition) is 5. The quantitative estimate of drug-likeness (QED) is 0.757. The Balaban J connectivity index is 1.95. The van der Waals surface area contributed by atoms with E-state index in [0.717, 1.165) is 22.6 Å². The van der Waals surface area contributed by atoms with Gasteiger partial charge in [-0.05, 0) is 30.7 Å². The van der Waals surface area contributed by atoms with Gasteiger partial charge in [-0.25, -0.2) is 9.67 Å². The Hall–Kier alpha value is -2.67. The molecule has 0 radical (unpaired) electrons. The fourth-order valence-corrected chi connectivity index (χ4v) is 2.64. The molecule has 3 rings (SSSR count). The van der Waals surface area contributed by atoms with Gasteiger partial charge in [-0.1, -0.05) is 0 Å². The van der Waals surface area contributed by atoms with Crippen molar-refractivity contribution in [1.29, 1.82) is 0 Å². The van der Waals surface area contributed by atoms with E-state index in [1.165, 1.54) is 0 Å². The molecule has 0 aliphatic carbocycles. The number of nitrogens with one attached hydrogen (secondary N) is 1. The second-order valence-electron chi connectivity index (χ2n) is 4.89. The van der Waals surface area contributed by atoms with E-state index in [2.05, 4.69) is 15.4 Å². The van der Waals surface area contributed by atoms with Gasteiger partial charge in [0.2, 0.25) is 5.91 Å². The molecule has 0 saturated heterocycles. The Labute approximate surface area is 131 Å². The molecule has 0 spiro atoms. The van der Waals surface area contributed by atoms with Crippen LogP contribution in [0, 0.1) is 6.92 Å². The first-order chi connectivity index (χ1) is 10.6. The number of carbonyl (C=O) groups excluding carboxylic acids is 1. The lowest BCUT2D eigenvalue weighted by Gasteiger charge is -2.12. The second kappa shape index (κ2) is 5.98. The van der Waals surface area contributed by atoms with E-state index in [-0.39, 0.29) is 0 Å². The number of amides is 1. The maximum atomic E-state index is 11.4. The van der Waals surface area contributed by atoms with Crippen LogP contribution in [0.15, 0.2) is 41.5 Å². The summed E-state index contributed by atoms with van der Waals surface area (Å²) in [5.74, 6) is -0.458. The highest BCUT2D eigenvalue weighted by Gasteiger charge is 2.10. The number of thiazole rings is 1. The highest BCUT2D eigenvalue weighted by Crippen LogP contribution is 2.22. The monoisotopic (exact) mass is 313 g/mol. The number of nitrogens with zero attached hydrogens (tertiary/aromatic N) is 3. The van der Waals surface area contributed by atoms with Crippen molar-refractivity contribution in [3.05, 3.63) is 58.3 Å². The van der Waals surface area contributed by atoms with Gasteiger partial charge in [-0.3, -0.25) is 4.79 Å². The average molecular weight is 313 g/mol. The maximum Gasteiger partial charge on any atom is 0.248 e. The zero-order chi connectivity index (χ0) is 15.5. The van der Waals surface area contributed by atoms with Crippen LogP contribution in [-0.2, 0) is 6.54 Å². The van der Waals surface area contributed by atoms with Crippen LogP contribution in [0.5, 0.6) is 0 Å². The predicted molar refractivity (Wildman–Crippen MR) is 86.3 cm³/mol. The van der Waals surface area contributed by atoms with E-state index in [9.17, 15) is 4.79 Å². The number of anilines is 1. The number of benzene rings is 1. The molecule has 0 atom stereocenters. The Morgan fingerprint density at radius 2 is 2.32 bits per heavy atom. The molecule has 3 N–H and O–H groups in total. The third-order valence-electron chi connectivity index (χ3n) is 3.18. The van der Waals surface area contributed by atoms with Crippen molar-refractivity contribution in [2.45, 2.75) is 13.5 Å². The van der Waals surface area contributed by atoms with Crippen molar-refractivity contribution >= 4 is 22.9 Å². The number of hydrogen-bond donors (Lipinski definition) is 2. The number of nitrogens with two attached hydrogens (primary N) is 1. The van der Waals surface area contributed by atoms with Crippen LogP contribution in [0.3, 0.4) is 0 Å².